The zero-order valence-corrected chi connectivity index (χ0v) is 20.4. The number of hydrogen-bond donors (Lipinski definition) is 2. The van der Waals surface area contributed by atoms with Gasteiger partial charge in [0.1, 0.15) is 12.2 Å². The molecule has 0 saturated heterocycles. The molecule has 1 amide bonds. The third kappa shape index (κ3) is 4.41. The molecule has 3 aromatic rings. The minimum absolute atomic E-state index is 0.0849. The number of hydrogen-bond acceptors (Lipinski definition) is 7. The summed E-state index contributed by atoms with van der Waals surface area (Å²) in [5.41, 5.74) is 3.51. The van der Waals surface area contributed by atoms with Crippen LogP contribution < -0.4 is 15.4 Å². The van der Waals surface area contributed by atoms with E-state index in [1.165, 1.54) is 17.2 Å². The molecular formula is C25H24F3N5O2S. The van der Waals surface area contributed by atoms with Crippen LogP contribution in [-0.2, 0) is 19.1 Å². The maximum absolute atomic E-state index is 13.9. The highest BCUT2D eigenvalue weighted by Gasteiger charge is 2.37. The third-order valence-corrected chi connectivity index (χ3v) is 7.78. The van der Waals surface area contributed by atoms with E-state index in [1.807, 2.05) is 0 Å². The molecule has 188 valence electrons. The largest absolute Gasteiger partial charge is 0.481 e. The van der Waals surface area contributed by atoms with E-state index in [-0.39, 0.29) is 39.7 Å². The zero-order valence-electron chi connectivity index (χ0n) is 19.5. The lowest BCUT2D eigenvalue weighted by Crippen LogP contribution is -2.26. The van der Waals surface area contributed by atoms with Crippen LogP contribution in [0.4, 0.5) is 24.8 Å². The van der Waals surface area contributed by atoms with Gasteiger partial charge in [0.2, 0.25) is 5.95 Å². The number of alkyl halides is 3. The Bertz CT molecular complexity index is 1350. The third-order valence-electron chi connectivity index (χ3n) is 6.73. The van der Waals surface area contributed by atoms with Crippen molar-refractivity contribution >= 4 is 28.9 Å². The minimum atomic E-state index is -4.66. The van der Waals surface area contributed by atoms with E-state index in [0.717, 1.165) is 61.1 Å². The first-order valence-corrected chi connectivity index (χ1v) is 12.7. The Kier molecular flexibility index (Phi) is 5.64. The van der Waals surface area contributed by atoms with Crippen LogP contribution in [0.15, 0.2) is 24.4 Å². The van der Waals surface area contributed by atoms with Crippen molar-refractivity contribution in [3.05, 3.63) is 52.2 Å². The molecule has 1 fully saturated rings. The normalized spacial score (nSPS) is 18.1. The summed E-state index contributed by atoms with van der Waals surface area (Å²) in [5, 5.41) is 6.18. The summed E-state index contributed by atoms with van der Waals surface area (Å²) in [4.78, 5) is 23.2. The van der Waals surface area contributed by atoms with Gasteiger partial charge in [-0.1, -0.05) is 17.4 Å². The average molecular weight is 516 g/mol. The second kappa shape index (κ2) is 8.74. The summed E-state index contributed by atoms with van der Waals surface area (Å²) >= 11 is 0.982. The lowest BCUT2D eigenvalue weighted by Gasteiger charge is -2.27. The van der Waals surface area contributed by atoms with E-state index < -0.39 is 11.7 Å². The number of thiophene rings is 1. The molecule has 2 aromatic heterocycles. The van der Waals surface area contributed by atoms with E-state index in [0.29, 0.717) is 12.5 Å². The molecule has 3 aliphatic rings. The number of halogens is 3. The Balaban J connectivity index is 1.40. The molecule has 0 radical (unpaired) electrons. The summed E-state index contributed by atoms with van der Waals surface area (Å²) in [6.07, 6.45) is -0.764. The Hall–Kier alpha value is -3.18. The number of carbonyl (C=O) groups excluding carboxylic acids is 1. The highest BCUT2D eigenvalue weighted by molar-refractivity contribution is 7.17. The molecule has 11 heteroatoms. The number of likely N-dealkylation sites (N-methyl/N-ethyl adjacent to an activating group) is 1. The number of nitrogens with one attached hydrogen (secondary N) is 2. The number of fused-ring (bicyclic) bond motifs is 2. The molecule has 6 rings (SSSR count). The summed E-state index contributed by atoms with van der Waals surface area (Å²) in [7, 11) is 2.10. The molecular weight excluding hydrogens is 491 g/mol. The monoisotopic (exact) mass is 515 g/mol. The van der Waals surface area contributed by atoms with Crippen molar-refractivity contribution in [2.24, 2.45) is 0 Å². The SMILES string of the molecule is CN1CCc2cc(Nc3ncc(C(F)(F)F)c(-c4cc5c(s4)OCCNC5=O)n3)c(C3CC3)cc2C1. The zero-order chi connectivity index (χ0) is 25.0. The van der Waals surface area contributed by atoms with Gasteiger partial charge in [0.25, 0.3) is 5.91 Å². The van der Waals surface area contributed by atoms with Crippen molar-refractivity contribution < 1.29 is 22.7 Å². The van der Waals surface area contributed by atoms with Gasteiger partial charge in [-0.2, -0.15) is 13.2 Å². The van der Waals surface area contributed by atoms with Crippen LogP contribution in [-0.4, -0.2) is 47.5 Å². The van der Waals surface area contributed by atoms with Crippen LogP contribution in [0.1, 0.15) is 51.4 Å². The number of rotatable bonds is 4. The Morgan fingerprint density at radius 2 is 2.06 bits per heavy atom. The maximum atomic E-state index is 13.9. The fraction of sp³-hybridized carbons (Fsp3) is 0.400. The van der Waals surface area contributed by atoms with Gasteiger partial charge < -0.3 is 20.3 Å². The van der Waals surface area contributed by atoms with E-state index in [1.54, 1.807) is 0 Å². The topological polar surface area (TPSA) is 79.4 Å². The summed E-state index contributed by atoms with van der Waals surface area (Å²) < 4.78 is 47.3. The number of nitrogens with zero attached hydrogens (tertiary/aromatic N) is 3. The maximum Gasteiger partial charge on any atom is 0.420 e. The van der Waals surface area contributed by atoms with Crippen molar-refractivity contribution in [3.63, 3.8) is 0 Å². The standard InChI is InChI=1S/C25H24F3N5O2S/c1-33-6-4-14-9-19(16(13-2-3-13)8-15(14)12-33)31-24-30-11-18(25(26,27)28)21(32-24)20-10-17-22(34)29-5-7-35-23(17)36-20/h8-11,13H,2-7,12H2,1H3,(H,29,34)(H,30,31,32). The number of amides is 1. The first-order chi connectivity index (χ1) is 17.3. The Morgan fingerprint density at radius 3 is 2.83 bits per heavy atom. The second-order valence-electron chi connectivity index (χ2n) is 9.47. The fourth-order valence-electron chi connectivity index (χ4n) is 4.73. The molecule has 2 aliphatic heterocycles. The average Bonchev–Trinajstić information content (AvgIpc) is 3.62. The van der Waals surface area contributed by atoms with Gasteiger partial charge in [-0.3, -0.25) is 4.79 Å². The van der Waals surface area contributed by atoms with Gasteiger partial charge in [0.05, 0.1) is 22.7 Å². The van der Waals surface area contributed by atoms with Gasteiger partial charge >= 0.3 is 6.18 Å². The van der Waals surface area contributed by atoms with E-state index in [2.05, 4.69) is 44.7 Å². The van der Waals surface area contributed by atoms with Gasteiger partial charge in [0.15, 0.2) is 5.06 Å². The van der Waals surface area contributed by atoms with E-state index in [4.69, 9.17) is 4.74 Å². The molecule has 0 atom stereocenters. The predicted molar refractivity (Wildman–Crippen MR) is 130 cm³/mol. The summed E-state index contributed by atoms with van der Waals surface area (Å²) in [6.45, 7) is 2.43. The first-order valence-electron chi connectivity index (χ1n) is 11.9. The molecule has 0 spiro atoms. The van der Waals surface area contributed by atoms with Crippen molar-refractivity contribution in [2.45, 2.75) is 37.9 Å². The summed E-state index contributed by atoms with van der Waals surface area (Å²) in [6, 6.07) is 5.73. The van der Waals surface area contributed by atoms with Gasteiger partial charge in [0, 0.05) is 25.0 Å². The number of carbonyl (C=O) groups is 1. The smallest absolute Gasteiger partial charge is 0.420 e. The molecule has 7 nitrogen and oxygen atoms in total. The van der Waals surface area contributed by atoms with Crippen LogP contribution in [0, 0.1) is 0 Å². The number of anilines is 2. The highest BCUT2D eigenvalue weighted by atomic mass is 32.1. The Labute approximate surface area is 209 Å². The molecule has 1 aromatic carbocycles. The molecule has 36 heavy (non-hydrogen) atoms. The Morgan fingerprint density at radius 1 is 1.22 bits per heavy atom. The molecule has 4 heterocycles. The predicted octanol–water partition coefficient (Wildman–Crippen LogP) is 4.96. The van der Waals surface area contributed by atoms with E-state index >= 15 is 0 Å². The fourth-order valence-corrected chi connectivity index (χ4v) is 5.76. The van der Waals surface area contributed by atoms with Gasteiger partial charge in [-0.25, -0.2) is 9.97 Å². The van der Waals surface area contributed by atoms with Crippen molar-refractivity contribution in [2.75, 3.05) is 32.1 Å². The molecule has 2 N–H and O–H groups in total. The highest BCUT2D eigenvalue weighted by Crippen LogP contribution is 2.46. The van der Waals surface area contributed by atoms with Crippen LogP contribution in [0.25, 0.3) is 10.6 Å². The molecule has 0 bridgehead atoms. The van der Waals surface area contributed by atoms with E-state index in [9.17, 15) is 18.0 Å². The number of ether oxygens (including phenoxy) is 1. The van der Waals surface area contributed by atoms with Gasteiger partial charge in [-0.15, -0.1) is 0 Å². The van der Waals surface area contributed by atoms with Gasteiger partial charge in [-0.05, 0) is 61.1 Å². The quantitative estimate of drug-likeness (QED) is 0.512. The van der Waals surface area contributed by atoms with Crippen LogP contribution in [0.2, 0.25) is 0 Å². The molecule has 1 saturated carbocycles. The second-order valence-corrected chi connectivity index (χ2v) is 10.5. The van der Waals surface area contributed by atoms with Crippen LogP contribution in [0.5, 0.6) is 5.06 Å². The molecule has 0 unspecified atom stereocenters. The number of aromatic nitrogens is 2. The summed E-state index contributed by atoms with van der Waals surface area (Å²) in [5.74, 6) is 0.143. The lowest BCUT2D eigenvalue weighted by atomic mass is 9.94. The molecule has 1 aliphatic carbocycles. The van der Waals surface area contributed by atoms with Crippen LogP contribution >= 0.6 is 11.3 Å². The van der Waals surface area contributed by atoms with Crippen molar-refractivity contribution in [1.82, 2.24) is 20.2 Å². The number of benzene rings is 1. The van der Waals surface area contributed by atoms with Crippen LogP contribution in [0.3, 0.4) is 0 Å². The first kappa shape index (κ1) is 23.2. The van der Waals surface area contributed by atoms with Crippen molar-refractivity contribution in [1.29, 1.82) is 0 Å². The lowest BCUT2D eigenvalue weighted by molar-refractivity contribution is -0.137. The minimum Gasteiger partial charge on any atom is -0.481 e. The van der Waals surface area contributed by atoms with Crippen molar-refractivity contribution in [3.8, 4) is 15.6 Å².